The third-order valence-corrected chi connectivity index (χ3v) is 1.47. The Labute approximate surface area is 43.1 Å². The summed E-state index contributed by atoms with van der Waals surface area (Å²) < 4.78 is 12.2. The molecule has 0 aromatic rings. The first-order chi connectivity index (χ1) is 3.30. The Morgan fingerprint density at radius 1 is 1.71 bits per heavy atom. The Morgan fingerprint density at radius 2 is 2.43 bits per heavy atom. The predicted molar refractivity (Wildman–Crippen MR) is 26.5 cm³/mol. The van der Waals surface area contributed by atoms with Crippen molar-refractivity contribution in [3.05, 3.63) is 0 Å². The highest BCUT2D eigenvalue weighted by Gasteiger charge is 2.18. The van der Waals surface area contributed by atoms with E-state index < -0.39 is 0 Å². The maximum atomic E-state index is 12.2. The van der Waals surface area contributed by atoms with Crippen LogP contribution < -0.4 is 0 Å². The van der Waals surface area contributed by atoms with Gasteiger partial charge in [0, 0.05) is 12.6 Å². The molecule has 0 N–H and O–H groups in total. The second kappa shape index (κ2) is 1.78. The molecule has 1 atom stereocenters. The summed E-state index contributed by atoms with van der Waals surface area (Å²) in [6, 6.07) is 0.181. The van der Waals surface area contributed by atoms with Crippen molar-refractivity contribution in [2.24, 2.45) is 0 Å². The number of halogens is 1. The zero-order valence-electron chi connectivity index (χ0n) is 4.52. The zero-order chi connectivity index (χ0) is 5.28. The molecule has 7 heavy (non-hydrogen) atoms. The van der Waals surface area contributed by atoms with Gasteiger partial charge in [0.05, 0.1) is 0 Å². The van der Waals surface area contributed by atoms with Gasteiger partial charge >= 0.3 is 0 Å². The molecule has 0 radical (unpaired) electrons. The molecule has 1 saturated heterocycles. The highest BCUT2D eigenvalue weighted by molar-refractivity contribution is 4.66. The van der Waals surface area contributed by atoms with E-state index in [0.717, 1.165) is 18.0 Å². The fraction of sp³-hybridized carbons (Fsp3) is 1.00. The standard InChI is InChI=1S/C5H10FN/c1-5-3-2-4-7(5)6/h5H,2-4H2,1H3. The Bertz CT molecular complexity index is 57.1. The van der Waals surface area contributed by atoms with Gasteiger partial charge in [-0.3, -0.25) is 0 Å². The van der Waals surface area contributed by atoms with E-state index >= 15 is 0 Å². The van der Waals surface area contributed by atoms with Crippen molar-refractivity contribution < 1.29 is 4.48 Å². The topological polar surface area (TPSA) is 3.24 Å². The van der Waals surface area contributed by atoms with Crippen LogP contribution in [0.2, 0.25) is 0 Å². The fourth-order valence-corrected chi connectivity index (χ4v) is 0.898. The molecule has 0 spiro atoms. The highest BCUT2D eigenvalue weighted by atomic mass is 19.2. The molecule has 2 heteroatoms. The van der Waals surface area contributed by atoms with Crippen molar-refractivity contribution in [1.29, 1.82) is 0 Å². The van der Waals surface area contributed by atoms with E-state index in [2.05, 4.69) is 0 Å². The molecule has 42 valence electrons. The van der Waals surface area contributed by atoms with Crippen molar-refractivity contribution in [3.8, 4) is 0 Å². The minimum absolute atomic E-state index is 0.181. The summed E-state index contributed by atoms with van der Waals surface area (Å²) in [5.74, 6) is 0. The molecule has 1 aliphatic rings. The van der Waals surface area contributed by atoms with E-state index in [1.807, 2.05) is 6.92 Å². The monoisotopic (exact) mass is 103 g/mol. The van der Waals surface area contributed by atoms with Crippen molar-refractivity contribution >= 4 is 0 Å². The van der Waals surface area contributed by atoms with Gasteiger partial charge in [-0.2, -0.15) is 0 Å². The highest BCUT2D eigenvalue weighted by Crippen LogP contribution is 2.15. The summed E-state index contributed by atoms with van der Waals surface area (Å²) >= 11 is 0. The summed E-state index contributed by atoms with van der Waals surface area (Å²) in [6.07, 6.45) is 2.05. The van der Waals surface area contributed by atoms with Gasteiger partial charge in [0.25, 0.3) is 0 Å². The van der Waals surface area contributed by atoms with Gasteiger partial charge in [-0.15, -0.1) is 9.60 Å². The Balaban J connectivity index is 2.33. The van der Waals surface area contributed by atoms with Crippen LogP contribution in [0, 0.1) is 0 Å². The SMILES string of the molecule is CC1CCCN1F. The van der Waals surface area contributed by atoms with Gasteiger partial charge in [-0.1, -0.05) is 0 Å². The van der Waals surface area contributed by atoms with Crippen LogP contribution in [0.1, 0.15) is 19.8 Å². The molecule has 1 nitrogen and oxygen atoms in total. The molecule has 0 aliphatic carbocycles. The van der Waals surface area contributed by atoms with Gasteiger partial charge in [0.2, 0.25) is 0 Å². The molecular formula is C5H10FN. The Kier molecular flexibility index (Phi) is 1.28. The molecule has 1 fully saturated rings. The average molecular weight is 103 g/mol. The van der Waals surface area contributed by atoms with Gasteiger partial charge in [0.1, 0.15) is 0 Å². The van der Waals surface area contributed by atoms with E-state index in [1.165, 1.54) is 0 Å². The molecule has 0 bridgehead atoms. The lowest BCUT2D eigenvalue weighted by molar-refractivity contribution is 0.0185. The zero-order valence-corrected chi connectivity index (χ0v) is 4.52. The minimum atomic E-state index is 0.181. The maximum absolute atomic E-state index is 12.2. The van der Waals surface area contributed by atoms with Crippen molar-refractivity contribution in [3.63, 3.8) is 0 Å². The molecular weight excluding hydrogens is 93.1 g/mol. The summed E-state index contributed by atoms with van der Waals surface area (Å²) in [4.78, 5) is 0. The van der Waals surface area contributed by atoms with Crippen LogP contribution in [0.25, 0.3) is 0 Å². The molecule has 1 aliphatic heterocycles. The molecule has 1 rings (SSSR count). The molecule has 0 saturated carbocycles. The molecule has 0 amide bonds. The third kappa shape index (κ3) is 0.911. The second-order valence-corrected chi connectivity index (χ2v) is 2.11. The van der Waals surface area contributed by atoms with E-state index in [1.54, 1.807) is 0 Å². The number of hydrogen-bond donors (Lipinski definition) is 0. The van der Waals surface area contributed by atoms with Gasteiger partial charge in [-0.05, 0) is 19.8 Å². The molecule has 1 unspecified atom stereocenters. The third-order valence-electron chi connectivity index (χ3n) is 1.47. The van der Waals surface area contributed by atoms with Crippen LogP contribution in [0.3, 0.4) is 0 Å². The smallest absolute Gasteiger partial charge is 0.0374 e. The summed E-state index contributed by atoms with van der Waals surface area (Å²) in [5.41, 5.74) is 0. The lowest BCUT2D eigenvalue weighted by atomic mass is 10.3. The van der Waals surface area contributed by atoms with Gasteiger partial charge in [0.15, 0.2) is 0 Å². The number of rotatable bonds is 0. The van der Waals surface area contributed by atoms with E-state index in [4.69, 9.17) is 0 Å². The van der Waals surface area contributed by atoms with Crippen LogP contribution in [0.5, 0.6) is 0 Å². The van der Waals surface area contributed by atoms with E-state index in [-0.39, 0.29) is 6.04 Å². The van der Waals surface area contributed by atoms with Crippen molar-refractivity contribution in [1.82, 2.24) is 5.12 Å². The number of nitrogens with zero attached hydrogens (tertiary/aromatic N) is 1. The first kappa shape index (κ1) is 5.04. The summed E-state index contributed by atoms with van der Waals surface area (Å²) in [6.45, 7) is 2.55. The van der Waals surface area contributed by atoms with Crippen LogP contribution in [0.4, 0.5) is 4.48 Å². The fourth-order valence-electron chi connectivity index (χ4n) is 0.898. The molecule has 1 heterocycles. The minimum Gasteiger partial charge on any atom is -0.144 e. The van der Waals surface area contributed by atoms with Gasteiger partial charge < -0.3 is 0 Å². The largest absolute Gasteiger partial charge is 0.144 e. The first-order valence-corrected chi connectivity index (χ1v) is 2.73. The van der Waals surface area contributed by atoms with Crippen molar-refractivity contribution in [2.75, 3.05) is 6.54 Å². The van der Waals surface area contributed by atoms with Crippen molar-refractivity contribution in [2.45, 2.75) is 25.8 Å². The summed E-state index contributed by atoms with van der Waals surface area (Å²) in [5, 5.41) is 0.903. The predicted octanol–water partition coefficient (Wildman–Crippen LogP) is 1.36. The van der Waals surface area contributed by atoms with Crippen LogP contribution in [0.15, 0.2) is 0 Å². The number of hydrogen-bond acceptors (Lipinski definition) is 1. The molecule has 0 aromatic heterocycles. The van der Waals surface area contributed by atoms with Crippen LogP contribution in [-0.2, 0) is 0 Å². The van der Waals surface area contributed by atoms with E-state index in [9.17, 15) is 4.48 Å². The normalized spacial score (nSPS) is 34.3. The Morgan fingerprint density at radius 3 is 2.57 bits per heavy atom. The Hall–Kier alpha value is -0.110. The second-order valence-electron chi connectivity index (χ2n) is 2.11. The summed E-state index contributed by atoms with van der Waals surface area (Å²) in [7, 11) is 0. The quantitative estimate of drug-likeness (QED) is 0.418. The molecule has 0 aromatic carbocycles. The van der Waals surface area contributed by atoms with E-state index in [0.29, 0.717) is 6.54 Å². The lowest BCUT2D eigenvalue weighted by Gasteiger charge is -2.05. The lowest BCUT2D eigenvalue weighted by Crippen LogP contribution is -2.15. The van der Waals surface area contributed by atoms with Crippen LogP contribution >= 0.6 is 0 Å². The van der Waals surface area contributed by atoms with Gasteiger partial charge in [-0.25, -0.2) is 0 Å². The first-order valence-electron chi connectivity index (χ1n) is 2.73. The van der Waals surface area contributed by atoms with Crippen LogP contribution in [-0.4, -0.2) is 17.7 Å². The maximum Gasteiger partial charge on any atom is 0.0374 e. The average Bonchev–Trinajstić information content (AvgIpc) is 1.91.